The summed E-state index contributed by atoms with van der Waals surface area (Å²) in [6.45, 7) is 4.99. The third kappa shape index (κ3) is 4.00. The molecule has 0 aliphatic heterocycles. The van der Waals surface area contributed by atoms with Crippen molar-refractivity contribution in [1.82, 2.24) is 25.3 Å². The number of carbonyl (C=O) groups is 1. The number of halogens is 1. The Morgan fingerprint density at radius 3 is 2.57 bits per heavy atom. The summed E-state index contributed by atoms with van der Waals surface area (Å²) in [5, 5.41) is 14.4. The van der Waals surface area contributed by atoms with Crippen LogP contribution in [0.2, 0.25) is 0 Å². The van der Waals surface area contributed by atoms with Crippen molar-refractivity contribution >= 4 is 5.91 Å². The van der Waals surface area contributed by atoms with Gasteiger partial charge in [-0.25, -0.2) is 4.39 Å². The number of amides is 1. The Morgan fingerprint density at radius 2 is 1.83 bits per heavy atom. The number of nitrogens with zero attached hydrogens (tertiary/aromatic N) is 3. The van der Waals surface area contributed by atoms with E-state index in [9.17, 15) is 9.18 Å². The van der Waals surface area contributed by atoms with E-state index in [1.54, 1.807) is 12.1 Å². The van der Waals surface area contributed by atoms with Gasteiger partial charge in [0.1, 0.15) is 5.82 Å². The molecule has 2 aromatic carbocycles. The number of H-pyrrole nitrogens is 1. The minimum absolute atomic E-state index is 0.252. The van der Waals surface area contributed by atoms with Gasteiger partial charge in [0, 0.05) is 23.4 Å². The number of aromatic nitrogens is 4. The predicted molar refractivity (Wildman–Crippen MR) is 112 cm³/mol. The molecule has 2 N–H and O–H groups in total. The van der Waals surface area contributed by atoms with Crippen LogP contribution < -0.4 is 5.32 Å². The number of hydrogen-bond donors (Lipinski definition) is 2. The summed E-state index contributed by atoms with van der Waals surface area (Å²) in [5.74, 6) is -0.583. The van der Waals surface area contributed by atoms with E-state index in [1.807, 2.05) is 36.7 Å². The molecule has 0 bridgehead atoms. The van der Waals surface area contributed by atoms with Gasteiger partial charge < -0.3 is 5.32 Å². The predicted octanol–water partition coefficient (Wildman–Crippen LogP) is 4.01. The number of hydrogen-bond acceptors (Lipinski definition) is 3. The number of aromatic amines is 1. The van der Waals surface area contributed by atoms with Crippen molar-refractivity contribution in [2.75, 3.05) is 0 Å². The molecule has 2 aromatic heterocycles. The lowest BCUT2D eigenvalue weighted by molar-refractivity contribution is 0.0951. The fourth-order valence-electron chi connectivity index (χ4n) is 3.46. The van der Waals surface area contributed by atoms with Crippen molar-refractivity contribution in [3.8, 4) is 11.3 Å². The summed E-state index contributed by atoms with van der Waals surface area (Å²) in [6, 6.07) is 16.1. The van der Waals surface area contributed by atoms with Crippen LogP contribution in [0.3, 0.4) is 0 Å². The van der Waals surface area contributed by atoms with Crippen molar-refractivity contribution in [1.29, 1.82) is 0 Å². The fourth-order valence-corrected chi connectivity index (χ4v) is 3.46. The maximum atomic E-state index is 13.2. The standard InChI is InChI=1S/C23H22FN5O/c1-15-20(16(2)29(28-15)14-17-6-4-3-5-7-17)12-25-23(30)21-13-26-27-22(21)18-8-10-19(24)11-9-18/h3-11,13H,12,14H2,1-2H3,(H,25,30)(H,26,27). The van der Waals surface area contributed by atoms with Crippen molar-refractivity contribution in [2.24, 2.45) is 0 Å². The highest BCUT2D eigenvalue weighted by atomic mass is 19.1. The quantitative estimate of drug-likeness (QED) is 0.511. The third-order valence-corrected chi connectivity index (χ3v) is 5.15. The zero-order valence-electron chi connectivity index (χ0n) is 16.8. The SMILES string of the molecule is Cc1nn(Cc2ccccc2)c(C)c1CNC(=O)c1cn[nH]c1-c1ccc(F)cc1. The van der Waals surface area contributed by atoms with Gasteiger partial charge in [-0.1, -0.05) is 30.3 Å². The Kier molecular flexibility index (Phi) is 5.43. The second-order valence-electron chi connectivity index (χ2n) is 7.14. The van der Waals surface area contributed by atoms with E-state index in [4.69, 9.17) is 0 Å². The molecule has 152 valence electrons. The summed E-state index contributed by atoms with van der Waals surface area (Å²) in [6.07, 6.45) is 1.48. The highest BCUT2D eigenvalue weighted by Gasteiger charge is 2.17. The van der Waals surface area contributed by atoms with Gasteiger partial charge in [-0.15, -0.1) is 0 Å². The smallest absolute Gasteiger partial charge is 0.255 e. The molecular formula is C23H22FN5O. The first kappa shape index (κ1) is 19.6. The average molecular weight is 403 g/mol. The molecule has 0 fully saturated rings. The van der Waals surface area contributed by atoms with Crippen LogP contribution in [0.1, 0.15) is 32.9 Å². The second kappa shape index (κ2) is 8.32. The molecule has 1 amide bonds. The first-order valence-electron chi connectivity index (χ1n) is 9.67. The van der Waals surface area contributed by atoms with E-state index in [1.165, 1.54) is 23.9 Å². The summed E-state index contributed by atoms with van der Waals surface area (Å²) < 4.78 is 15.2. The van der Waals surface area contributed by atoms with Gasteiger partial charge in [-0.2, -0.15) is 10.2 Å². The molecule has 7 heteroatoms. The van der Waals surface area contributed by atoms with E-state index in [0.717, 1.165) is 17.0 Å². The first-order chi connectivity index (χ1) is 14.5. The van der Waals surface area contributed by atoms with Gasteiger partial charge in [0.2, 0.25) is 0 Å². The topological polar surface area (TPSA) is 75.6 Å². The minimum atomic E-state index is -0.331. The second-order valence-corrected chi connectivity index (χ2v) is 7.14. The summed E-state index contributed by atoms with van der Waals surface area (Å²) in [5.41, 5.74) is 5.72. The molecule has 4 aromatic rings. The number of benzene rings is 2. The Labute approximate surface area is 173 Å². The molecule has 4 rings (SSSR count). The molecule has 0 atom stereocenters. The van der Waals surface area contributed by atoms with Crippen LogP contribution in [-0.4, -0.2) is 25.9 Å². The number of aryl methyl sites for hydroxylation is 1. The Bertz CT molecular complexity index is 1160. The van der Waals surface area contributed by atoms with Crippen LogP contribution >= 0.6 is 0 Å². The third-order valence-electron chi connectivity index (χ3n) is 5.15. The zero-order valence-corrected chi connectivity index (χ0v) is 16.8. The van der Waals surface area contributed by atoms with Crippen LogP contribution in [0.15, 0.2) is 60.8 Å². The minimum Gasteiger partial charge on any atom is -0.348 e. The molecule has 2 heterocycles. The van der Waals surface area contributed by atoms with Crippen LogP contribution in [0.25, 0.3) is 11.3 Å². The van der Waals surface area contributed by atoms with Crippen molar-refractivity contribution < 1.29 is 9.18 Å². The number of carbonyl (C=O) groups excluding carboxylic acids is 1. The van der Waals surface area contributed by atoms with Gasteiger partial charge in [-0.05, 0) is 43.7 Å². The van der Waals surface area contributed by atoms with Crippen LogP contribution in [0, 0.1) is 19.7 Å². The van der Waals surface area contributed by atoms with Gasteiger partial charge in [0.25, 0.3) is 5.91 Å². The molecule has 0 aliphatic rings. The van der Waals surface area contributed by atoms with Gasteiger partial charge in [0.15, 0.2) is 0 Å². The summed E-state index contributed by atoms with van der Waals surface area (Å²) in [4.78, 5) is 12.8. The van der Waals surface area contributed by atoms with E-state index in [2.05, 4.69) is 32.7 Å². The normalized spacial score (nSPS) is 10.9. The molecule has 0 saturated carbocycles. The lowest BCUT2D eigenvalue weighted by atomic mass is 10.1. The molecule has 0 aliphatic carbocycles. The highest BCUT2D eigenvalue weighted by molar-refractivity contribution is 5.99. The molecule has 0 spiro atoms. The Hall–Kier alpha value is -3.74. The highest BCUT2D eigenvalue weighted by Crippen LogP contribution is 2.22. The van der Waals surface area contributed by atoms with Gasteiger partial charge in [0.05, 0.1) is 29.7 Å². The van der Waals surface area contributed by atoms with Crippen LogP contribution in [-0.2, 0) is 13.1 Å². The summed E-state index contributed by atoms with van der Waals surface area (Å²) in [7, 11) is 0. The molecule has 0 radical (unpaired) electrons. The van der Waals surface area contributed by atoms with E-state index in [0.29, 0.717) is 29.9 Å². The maximum Gasteiger partial charge on any atom is 0.255 e. The summed E-state index contributed by atoms with van der Waals surface area (Å²) >= 11 is 0. The van der Waals surface area contributed by atoms with E-state index < -0.39 is 0 Å². The first-order valence-corrected chi connectivity index (χ1v) is 9.67. The van der Waals surface area contributed by atoms with Gasteiger partial charge in [-0.3, -0.25) is 14.6 Å². The van der Waals surface area contributed by atoms with E-state index >= 15 is 0 Å². The van der Waals surface area contributed by atoms with Crippen LogP contribution in [0.4, 0.5) is 4.39 Å². The van der Waals surface area contributed by atoms with Gasteiger partial charge >= 0.3 is 0 Å². The number of nitrogens with one attached hydrogen (secondary N) is 2. The average Bonchev–Trinajstić information content (AvgIpc) is 3.33. The number of rotatable bonds is 6. The van der Waals surface area contributed by atoms with Crippen molar-refractivity contribution in [3.05, 3.63) is 94.7 Å². The molecule has 0 saturated heterocycles. The lowest BCUT2D eigenvalue weighted by Crippen LogP contribution is -2.23. The monoisotopic (exact) mass is 403 g/mol. The Balaban J connectivity index is 1.49. The van der Waals surface area contributed by atoms with Crippen molar-refractivity contribution in [3.63, 3.8) is 0 Å². The van der Waals surface area contributed by atoms with Crippen molar-refractivity contribution in [2.45, 2.75) is 26.9 Å². The molecule has 6 nitrogen and oxygen atoms in total. The Morgan fingerprint density at radius 1 is 1.10 bits per heavy atom. The molecular weight excluding hydrogens is 381 g/mol. The fraction of sp³-hybridized carbons (Fsp3) is 0.174. The largest absolute Gasteiger partial charge is 0.348 e. The van der Waals surface area contributed by atoms with E-state index in [-0.39, 0.29) is 11.7 Å². The molecule has 0 unspecified atom stereocenters. The molecule has 30 heavy (non-hydrogen) atoms. The zero-order chi connectivity index (χ0) is 21.1. The lowest BCUT2D eigenvalue weighted by Gasteiger charge is -2.08. The van der Waals surface area contributed by atoms with Crippen LogP contribution in [0.5, 0.6) is 0 Å². The maximum absolute atomic E-state index is 13.2.